The van der Waals surface area contributed by atoms with Crippen LogP contribution in [-0.4, -0.2) is 70.5 Å². The summed E-state index contributed by atoms with van der Waals surface area (Å²) in [5.74, 6) is 3.07. The Labute approximate surface area is 176 Å². The van der Waals surface area contributed by atoms with Crippen molar-refractivity contribution in [1.29, 1.82) is 0 Å². The minimum Gasteiger partial charge on any atom is -0.497 e. The maximum Gasteiger partial charge on any atom is 0.191 e. The molecule has 2 aliphatic rings. The number of rotatable bonds is 8. The van der Waals surface area contributed by atoms with Crippen molar-refractivity contribution in [3.63, 3.8) is 0 Å². The van der Waals surface area contributed by atoms with Crippen molar-refractivity contribution >= 4 is 5.96 Å². The first-order chi connectivity index (χ1) is 14.2. The van der Waals surface area contributed by atoms with Crippen molar-refractivity contribution in [2.45, 2.75) is 44.6 Å². The number of guanidine groups is 1. The second-order valence-corrected chi connectivity index (χ2v) is 8.41. The summed E-state index contributed by atoms with van der Waals surface area (Å²) in [4.78, 5) is 7.03. The van der Waals surface area contributed by atoms with E-state index in [-0.39, 0.29) is 0 Å². The minimum absolute atomic E-state index is 0.495. The predicted octanol–water partition coefficient (Wildman–Crippen LogP) is 2.85. The first-order valence-electron chi connectivity index (χ1n) is 11.1. The zero-order valence-corrected chi connectivity index (χ0v) is 18.3. The van der Waals surface area contributed by atoms with Crippen LogP contribution in [0.2, 0.25) is 0 Å². The van der Waals surface area contributed by atoms with E-state index in [4.69, 9.17) is 9.47 Å². The highest BCUT2D eigenvalue weighted by atomic mass is 16.5. The minimum atomic E-state index is 0.495. The molecule has 2 aliphatic heterocycles. The molecule has 0 aliphatic carbocycles. The summed E-state index contributed by atoms with van der Waals surface area (Å²) in [6, 6.07) is 8.89. The third-order valence-electron chi connectivity index (χ3n) is 6.25. The topological polar surface area (TPSA) is 58.1 Å². The molecule has 6 nitrogen and oxygen atoms in total. The molecule has 2 N–H and O–H groups in total. The summed E-state index contributed by atoms with van der Waals surface area (Å²) in [5.41, 5.74) is 1.34. The van der Waals surface area contributed by atoms with Crippen LogP contribution in [0.3, 0.4) is 0 Å². The van der Waals surface area contributed by atoms with E-state index in [1.165, 1.54) is 44.5 Å². The maximum atomic E-state index is 5.51. The lowest BCUT2D eigenvalue weighted by atomic mass is 9.98. The average molecular weight is 403 g/mol. The van der Waals surface area contributed by atoms with Gasteiger partial charge in [0.1, 0.15) is 5.75 Å². The van der Waals surface area contributed by atoms with Gasteiger partial charge in [0, 0.05) is 45.9 Å². The normalized spacial score (nSPS) is 22.4. The van der Waals surface area contributed by atoms with Crippen LogP contribution in [-0.2, 0) is 4.74 Å². The molecule has 0 amide bonds. The van der Waals surface area contributed by atoms with Crippen molar-refractivity contribution in [2.75, 3.05) is 53.6 Å². The molecule has 6 heteroatoms. The number of aliphatic imine (C=N–C) groups is 1. The molecule has 0 spiro atoms. The van der Waals surface area contributed by atoms with Gasteiger partial charge < -0.3 is 25.0 Å². The summed E-state index contributed by atoms with van der Waals surface area (Å²) in [6.07, 6.45) is 4.64. The molecule has 2 unspecified atom stereocenters. The highest BCUT2D eigenvalue weighted by Crippen LogP contribution is 2.21. The molecule has 2 heterocycles. The number of benzene rings is 1. The summed E-state index contributed by atoms with van der Waals surface area (Å²) in [5, 5.41) is 7.11. The standard InChI is InChI=1S/C23H38N4O2/c1-18(20-4-6-22(28-3)7-5-20)8-12-25-23(24-2)26-21-9-13-27(14-10-21)16-19-11-15-29-17-19/h4-7,18-19,21H,8-17H2,1-3H3,(H2,24,25,26). The average Bonchev–Trinajstić information content (AvgIpc) is 3.27. The van der Waals surface area contributed by atoms with Gasteiger partial charge >= 0.3 is 0 Å². The van der Waals surface area contributed by atoms with Gasteiger partial charge in [0.15, 0.2) is 5.96 Å². The summed E-state index contributed by atoms with van der Waals surface area (Å²) < 4.78 is 10.8. The van der Waals surface area contributed by atoms with Crippen LogP contribution < -0.4 is 15.4 Å². The smallest absolute Gasteiger partial charge is 0.191 e. The van der Waals surface area contributed by atoms with Crippen molar-refractivity contribution in [2.24, 2.45) is 10.9 Å². The van der Waals surface area contributed by atoms with Crippen molar-refractivity contribution < 1.29 is 9.47 Å². The predicted molar refractivity (Wildman–Crippen MR) is 119 cm³/mol. The van der Waals surface area contributed by atoms with E-state index in [1.54, 1.807) is 7.11 Å². The lowest BCUT2D eigenvalue weighted by Gasteiger charge is -2.34. The Morgan fingerprint density at radius 2 is 2.00 bits per heavy atom. The van der Waals surface area contributed by atoms with Crippen molar-refractivity contribution in [1.82, 2.24) is 15.5 Å². The zero-order chi connectivity index (χ0) is 20.5. The van der Waals surface area contributed by atoms with Crippen LogP contribution in [0, 0.1) is 5.92 Å². The summed E-state index contributed by atoms with van der Waals surface area (Å²) in [7, 11) is 3.56. The number of ether oxygens (including phenoxy) is 2. The van der Waals surface area contributed by atoms with E-state index < -0.39 is 0 Å². The van der Waals surface area contributed by atoms with Crippen LogP contribution in [0.1, 0.15) is 44.1 Å². The number of hydrogen-bond acceptors (Lipinski definition) is 4. The molecule has 29 heavy (non-hydrogen) atoms. The van der Waals surface area contributed by atoms with E-state index in [9.17, 15) is 0 Å². The van der Waals surface area contributed by atoms with Crippen LogP contribution in [0.5, 0.6) is 5.75 Å². The lowest BCUT2D eigenvalue weighted by Crippen LogP contribution is -2.49. The molecular weight excluding hydrogens is 364 g/mol. The monoisotopic (exact) mass is 402 g/mol. The van der Waals surface area contributed by atoms with Gasteiger partial charge in [-0.05, 0) is 55.2 Å². The lowest BCUT2D eigenvalue weighted by molar-refractivity contribution is 0.150. The number of piperidine rings is 1. The largest absolute Gasteiger partial charge is 0.497 e. The van der Waals surface area contributed by atoms with Crippen LogP contribution in [0.15, 0.2) is 29.3 Å². The quantitative estimate of drug-likeness (QED) is 0.517. The second-order valence-electron chi connectivity index (χ2n) is 8.41. The Bertz CT molecular complexity index is 620. The van der Waals surface area contributed by atoms with Crippen molar-refractivity contribution in [3.8, 4) is 5.75 Å². The molecule has 2 saturated heterocycles. The van der Waals surface area contributed by atoms with E-state index in [2.05, 4.69) is 39.6 Å². The SMILES string of the molecule is CN=C(NCCC(C)c1ccc(OC)cc1)NC1CCN(CC2CCOC2)CC1. The molecule has 0 radical (unpaired) electrons. The van der Waals surface area contributed by atoms with Gasteiger partial charge in [-0.15, -0.1) is 0 Å². The van der Waals surface area contributed by atoms with Gasteiger partial charge in [-0.25, -0.2) is 0 Å². The van der Waals surface area contributed by atoms with Gasteiger partial charge in [-0.3, -0.25) is 4.99 Å². The third kappa shape index (κ3) is 6.89. The molecule has 0 aromatic heterocycles. The molecule has 0 bridgehead atoms. The fourth-order valence-electron chi connectivity index (χ4n) is 4.25. The van der Waals surface area contributed by atoms with E-state index in [1.807, 2.05) is 19.2 Å². The van der Waals surface area contributed by atoms with Crippen LogP contribution >= 0.6 is 0 Å². The molecule has 1 aromatic carbocycles. The fourth-order valence-corrected chi connectivity index (χ4v) is 4.25. The number of methoxy groups -OCH3 is 1. The Balaban J connectivity index is 1.34. The molecule has 1 aromatic rings. The van der Waals surface area contributed by atoms with Crippen LogP contribution in [0.25, 0.3) is 0 Å². The molecule has 2 atom stereocenters. The van der Waals surface area contributed by atoms with Crippen LogP contribution in [0.4, 0.5) is 0 Å². The number of nitrogens with one attached hydrogen (secondary N) is 2. The summed E-state index contributed by atoms with van der Waals surface area (Å²) in [6.45, 7) is 8.60. The Kier molecular flexibility index (Phi) is 8.62. The van der Waals surface area contributed by atoms with Gasteiger partial charge in [0.05, 0.1) is 13.7 Å². The van der Waals surface area contributed by atoms with E-state index in [0.29, 0.717) is 12.0 Å². The third-order valence-corrected chi connectivity index (χ3v) is 6.25. The molecular formula is C23H38N4O2. The zero-order valence-electron chi connectivity index (χ0n) is 18.3. The highest BCUT2D eigenvalue weighted by Gasteiger charge is 2.24. The highest BCUT2D eigenvalue weighted by molar-refractivity contribution is 5.79. The van der Waals surface area contributed by atoms with E-state index in [0.717, 1.165) is 43.8 Å². The van der Waals surface area contributed by atoms with Gasteiger partial charge in [0.25, 0.3) is 0 Å². The van der Waals surface area contributed by atoms with Gasteiger partial charge in [-0.1, -0.05) is 19.1 Å². The first kappa shape index (κ1) is 21.9. The number of likely N-dealkylation sites (tertiary alicyclic amines) is 1. The fraction of sp³-hybridized carbons (Fsp3) is 0.696. The number of nitrogens with zero attached hydrogens (tertiary/aromatic N) is 2. The molecule has 162 valence electrons. The Morgan fingerprint density at radius 3 is 2.62 bits per heavy atom. The Hall–Kier alpha value is -1.79. The van der Waals surface area contributed by atoms with Gasteiger partial charge in [0.2, 0.25) is 0 Å². The molecule has 3 rings (SSSR count). The molecule has 2 fully saturated rings. The van der Waals surface area contributed by atoms with Gasteiger partial charge in [-0.2, -0.15) is 0 Å². The number of hydrogen-bond donors (Lipinski definition) is 2. The molecule has 0 saturated carbocycles. The summed E-state index contributed by atoms with van der Waals surface area (Å²) >= 11 is 0. The Morgan fingerprint density at radius 1 is 1.24 bits per heavy atom. The maximum absolute atomic E-state index is 5.51. The second kappa shape index (κ2) is 11.4. The van der Waals surface area contributed by atoms with E-state index >= 15 is 0 Å². The first-order valence-corrected chi connectivity index (χ1v) is 11.1. The van der Waals surface area contributed by atoms with Crippen molar-refractivity contribution in [3.05, 3.63) is 29.8 Å².